The van der Waals surface area contributed by atoms with E-state index in [1.807, 2.05) is 18.7 Å². The number of halogens is 1. The monoisotopic (exact) mass is 507 g/mol. The number of benzene rings is 2. The number of methoxy groups -OCH3 is 1. The van der Waals surface area contributed by atoms with Gasteiger partial charge in [-0.05, 0) is 62.9 Å². The molecule has 6 rings (SSSR count). The first-order valence-electron chi connectivity index (χ1n) is 12.6. The van der Waals surface area contributed by atoms with Gasteiger partial charge < -0.3 is 28.7 Å². The van der Waals surface area contributed by atoms with Gasteiger partial charge in [-0.3, -0.25) is 0 Å². The van der Waals surface area contributed by atoms with Gasteiger partial charge in [0, 0.05) is 23.9 Å². The standard InChI is InChI=1S/C27H30FN5O4/c1-15-26(16(2)37-31-15)17-4-6-22-21(12-17)30-27(33(22)19-10-11-36-29-14-19)23-7-9-25(34)32(23)18-5-8-24(35-3)20(28)13-18/h4-6,8,12-13,19,23,25,29,34H,7,9-11,14H2,1-3H3/t19?,23-,25?/m0/s1. The lowest BCUT2D eigenvalue weighted by molar-refractivity contribution is -0.00686. The van der Waals surface area contributed by atoms with Crippen LogP contribution in [0.15, 0.2) is 40.9 Å². The van der Waals surface area contributed by atoms with Gasteiger partial charge in [-0.25, -0.2) is 14.9 Å². The molecular weight excluding hydrogens is 477 g/mol. The number of hydrogen-bond acceptors (Lipinski definition) is 8. The average Bonchev–Trinajstić information content (AvgIpc) is 3.58. The first-order valence-corrected chi connectivity index (χ1v) is 12.6. The maximum atomic E-state index is 14.7. The van der Waals surface area contributed by atoms with E-state index in [1.54, 1.807) is 12.1 Å². The number of nitrogens with one attached hydrogen (secondary N) is 1. The Kier molecular flexibility index (Phi) is 6.10. The van der Waals surface area contributed by atoms with Crippen molar-refractivity contribution >= 4 is 16.7 Å². The zero-order valence-corrected chi connectivity index (χ0v) is 21.1. The molecule has 2 saturated heterocycles. The highest BCUT2D eigenvalue weighted by Crippen LogP contribution is 2.42. The predicted molar refractivity (Wildman–Crippen MR) is 136 cm³/mol. The van der Waals surface area contributed by atoms with Crippen molar-refractivity contribution in [3.05, 3.63) is 59.5 Å². The van der Waals surface area contributed by atoms with Gasteiger partial charge in [0.1, 0.15) is 17.8 Å². The number of hydroxylamine groups is 1. The van der Waals surface area contributed by atoms with Crippen molar-refractivity contribution in [3.63, 3.8) is 0 Å². The van der Waals surface area contributed by atoms with Crippen LogP contribution in [0.2, 0.25) is 0 Å². The van der Waals surface area contributed by atoms with Crippen LogP contribution in [0.25, 0.3) is 22.2 Å². The van der Waals surface area contributed by atoms with Gasteiger partial charge >= 0.3 is 0 Å². The van der Waals surface area contributed by atoms with Crippen molar-refractivity contribution in [2.24, 2.45) is 0 Å². The molecule has 3 atom stereocenters. The molecular formula is C27H30FN5O4. The normalized spacial score (nSPS) is 22.2. The van der Waals surface area contributed by atoms with Crippen LogP contribution in [0.3, 0.4) is 0 Å². The molecule has 194 valence electrons. The number of aryl methyl sites for hydroxylation is 2. The second kappa shape index (κ2) is 9.44. The molecule has 2 fully saturated rings. The fourth-order valence-electron chi connectivity index (χ4n) is 5.75. The van der Waals surface area contributed by atoms with Gasteiger partial charge in [-0.1, -0.05) is 11.2 Å². The zero-order valence-electron chi connectivity index (χ0n) is 21.1. The Balaban J connectivity index is 1.49. The largest absolute Gasteiger partial charge is 0.494 e. The third-order valence-electron chi connectivity index (χ3n) is 7.46. The summed E-state index contributed by atoms with van der Waals surface area (Å²) >= 11 is 0. The molecule has 0 saturated carbocycles. The predicted octanol–water partition coefficient (Wildman–Crippen LogP) is 4.58. The Labute approximate surface area is 213 Å². The highest BCUT2D eigenvalue weighted by Gasteiger charge is 2.38. The lowest BCUT2D eigenvalue weighted by Crippen LogP contribution is -2.36. The van der Waals surface area contributed by atoms with E-state index >= 15 is 0 Å². The number of fused-ring (bicyclic) bond motifs is 1. The molecule has 0 aliphatic carbocycles. The number of imidazole rings is 1. The lowest BCUT2D eigenvalue weighted by atomic mass is 10.0. The van der Waals surface area contributed by atoms with Crippen LogP contribution in [0, 0.1) is 19.7 Å². The molecule has 4 aromatic rings. The topological polar surface area (TPSA) is 97.8 Å². The molecule has 9 nitrogen and oxygen atoms in total. The summed E-state index contributed by atoms with van der Waals surface area (Å²) in [6.07, 6.45) is 1.31. The van der Waals surface area contributed by atoms with E-state index in [2.05, 4.69) is 33.4 Å². The highest BCUT2D eigenvalue weighted by molar-refractivity contribution is 5.84. The van der Waals surface area contributed by atoms with Crippen LogP contribution in [0.4, 0.5) is 10.1 Å². The number of aromatic nitrogens is 3. The maximum Gasteiger partial charge on any atom is 0.167 e. The Morgan fingerprint density at radius 1 is 1.14 bits per heavy atom. The van der Waals surface area contributed by atoms with E-state index in [0.717, 1.165) is 45.9 Å². The van der Waals surface area contributed by atoms with Crippen molar-refractivity contribution in [3.8, 4) is 16.9 Å². The third-order valence-corrected chi connectivity index (χ3v) is 7.46. The van der Waals surface area contributed by atoms with E-state index in [4.69, 9.17) is 19.1 Å². The number of ether oxygens (including phenoxy) is 1. The minimum absolute atomic E-state index is 0.117. The number of aliphatic hydroxyl groups excluding tert-OH is 1. The summed E-state index contributed by atoms with van der Waals surface area (Å²) in [6.45, 7) is 5.06. The van der Waals surface area contributed by atoms with E-state index < -0.39 is 12.0 Å². The first kappa shape index (κ1) is 23.9. The maximum absolute atomic E-state index is 14.7. The van der Waals surface area contributed by atoms with Crippen LogP contribution in [0.1, 0.15) is 48.6 Å². The van der Waals surface area contributed by atoms with E-state index in [1.165, 1.54) is 13.2 Å². The van der Waals surface area contributed by atoms with Gasteiger partial charge in [0.2, 0.25) is 0 Å². The molecule has 0 radical (unpaired) electrons. The molecule has 0 spiro atoms. The number of aliphatic hydroxyl groups is 1. The summed E-state index contributed by atoms with van der Waals surface area (Å²) in [5.41, 5.74) is 8.26. The van der Waals surface area contributed by atoms with Crippen LogP contribution >= 0.6 is 0 Å². The summed E-state index contributed by atoms with van der Waals surface area (Å²) in [5, 5.41) is 15.1. The molecule has 2 aliphatic heterocycles. The second-order valence-electron chi connectivity index (χ2n) is 9.68. The Morgan fingerprint density at radius 2 is 2.00 bits per heavy atom. The van der Waals surface area contributed by atoms with Crippen LogP contribution < -0.4 is 15.1 Å². The van der Waals surface area contributed by atoms with Crippen molar-refractivity contribution < 1.29 is 23.6 Å². The summed E-state index contributed by atoms with van der Waals surface area (Å²) in [5.74, 6) is 1.30. The van der Waals surface area contributed by atoms with Gasteiger partial charge in [0.25, 0.3) is 0 Å². The Morgan fingerprint density at radius 3 is 2.70 bits per heavy atom. The zero-order chi connectivity index (χ0) is 25.7. The number of rotatable bonds is 5. The molecule has 2 aromatic heterocycles. The Hall–Kier alpha value is -3.47. The molecule has 0 bridgehead atoms. The Bertz CT molecular complexity index is 1420. The first-order chi connectivity index (χ1) is 18.0. The second-order valence-corrected chi connectivity index (χ2v) is 9.68. The van der Waals surface area contributed by atoms with Crippen LogP contribution in [-0.4, -0.2) is 46.3 Å². The summed E-state index contributed by atoms with van der Waals surface area (Å²) in [4.78, 5) is 12.4. The molecule has 37 heavy (non-hydrogen) atoms. The molecule has 2 aliphatic rings. The van der Waals surface area contributed by atoms with Crippen molar-refractivity contribution in [1.29, 1.82) is 0 Å². The molecule has 2 unspecified atom stereocenters. The summed E-state index contributed by atoms with van der Waals surface area (Å²) in [6, 6.07) is 10.9. The SMILES string of the molecule is COc1ccc(N2C(O)CC[C@H]2c2nc3cc(-c4c(C)noc4C)ccc3n2C2CCONC2)cc1F. The fraction of sp³-hybridized carbons (Fsp3) is 0.407. The average molecular weight is 508 g/mol. The minimum Gasteiger partial charge on any atom is -0.494 e. The molecule has 0 amide bonds. The fourth-order valence-corrected chi connectivity index (χ4v) is 5.75. The minimum atomic E-state index is -0.753. The van der Waals surface area contributed by atoms with Crippen molar-refractivity contribution in [2.75, 3.05) is 25.2 Å². The molecule has 2 N–H and O–H groups in total. The number of anilines is 1. The summed E-state index contributed by atoms with van der Waals surface area (Å²) < 4.78 is 27.4. The van der Waals surface area contributed by atoms with Gasteiger partial charge in [0.05, 0.1) is 42.5 Å². The van der Waals surface area contributed by atoms with Gasteiger partial charge in [-0.2, -0.15) is 0 Å². The highest BCUT2D eigenvalue weighted by atomic mass is 19.1. The van der Waals surface area contributed by atoms with Crippen molar-refractivity contribution in [2.45, 2.75) is 51.4 Å². The number of nitrogens with zero attached hydrogens (tertiary/aromatic N) is 4. The van der Waals surface area contributed by atoms with E-state index in [-0.39, 0.29) is 17.8 Å². The quantitative estimate of drug-likeness (QED) is 0.405. The summed E-state index contributed by atoms with van der Waals surface area (Å²) in [7, 11) is 1.44. The molecule has 10 heteroatoms. The van der Waals surface area contributed by atoms with Crippen LogP contribution in [-0.2, 0) is 4.84 Å². The smallest absolute Gasteiger partial charge is 0.167 e. The van der Waals surface area contributed by atoms with E-state index in [9.17, 15) is 9.50 Å². The third kappa shape index (κ3) is 4.05. The van der Waals surface area contributed by atoms with Crippen LogP contribution in [0.5, 0.6) is 5.75 Å². The van der Waals surface area contributed by atoms with Crippen molar-refractivity contribution in [1.82, 2.24) is 20.2 Å². The molecule has 2 aromatic carbocycles. The van der Waals surface area contributed by atoms with Gasteiger partial charge in [0.15, 0.2) is 11.6 Å². The molecule has 4 heterocycles. The lowest BCUT2D eigenvalue weighted by Gasteiger charge is -2.32. The number of hydrogen-bond donors (Lipinski definition) is 2. The van der Waals surface area contributed by atoms with E-state index in [0.29, 0.717) is 31.7 Å². The van der Waals surface area contributed by atoms with Gasteiger partial charge in [-0.15, -0.1) is 0 Å².